The molecule has 0 unspecified atom stereocenters. The highest BCUT2D eigenvalue weighted by molar-refractivity contribution is 7.01. The number of anilines is 6. The van der Waals surface area contributed by atoms with Gasteiger partial charge in [0, 0.05) is 44.9 Å². The fraction of sp³-hybridized carbons (Fsp3) is 0.486. The summed E-state index contributed by atoms with van der Waals surface area (Å²) >= 11 is 0. The van der Waals surface area contributed by atoms with Gasteiger partial charge in [-0.1, -0.05) is 129 Å². The van der Waals surface area contributed by atoms with Gasteiger partial charge < -0.3 is 14.2 Å². The van der Waals surface area contributed by atoms with Crippen LogP contribution in [0.5, 0.6) is 0 Å². The number of furan rings is 1. The lowest BCUT2D eigenvalue weighted by atomic mass is 9.33. The highest BCUT2D eigenvalue weighted by Crippen LogP contribution is 2.56. The zero-order valence-electron chi connectivity index (χ0n) is 48.5. The molecule has 0 bridgehead atoms. The standard InChI is InChI=1S/C70H83BN2O/c1-40-31-57-60-58(32-40)73(55-37-50-46(33-41(55)2)64(5,6)25-28-68(50,13)14)54-22-20-43-44-35-48-52(70(17,18)30-26-66(48,9)10)39-59(44)74-62(43)61(54)71(60)53-36-49-51(69(15,16)29-27-67(49,11)12)38-56(53)72(57)42-19-21-45-47(34-42)65(7,8)24-23-63(45,3)4/h19-22,31-39H,23-30H2,1-18H3. The molecule has 3 heterocycles. The first kappa shape index (κ1) is 48.4. The number of hydrogen-bond acceptors (Lipinski definition) is 3. The van der Waals surface area contributed by atoms with Crippen LogP contribution < -0.4 is 26.2 Å². The van der Waals surface area contributed by atoms with Gasteiger partial charge in [-0.15, -0.1) is 0 Å². The van der Waals surface area contributed by atoms with E-state index in [-0.39, 0.29) is 50.0 Å². The van der Waals surface area contributed by atoms with Gasteiger partial charge in [-0.05, 0) is 241 Å². The van der Waals surface area contributed by atoms with Crippen LogP contribution >= 0.6 is 0 Å². The Bertz CT molecular complexity index is 3620. The van der Waals surface area contributed by atoms with Crippen LogP contribution in [0, 0.1) is 13.8 Å². The van der Waals surface area contributed by atoms with Crippen LogP contribution in [0.15, 0.2) is 83.3 Å². The van der Waals surface area contributed by atoms with Gasteiger partial charge in [-0.2, -0.15) is 0 Å². The smallest absolute Gasteiger partial charge is 0.257 e. The Kier molecular flexibility index (Phi) is 9.70. The van der Waals surface area contributed by atoms with Crippen molar-refractivity contribution in [1.82, 2.24) is 0 Å². The van der Waals surface area contributed by atoms with E-state index in [1.807, 2.05) is 0 Å². The van der Waals surface area contributed by atoms with Crippen LogP contribution in [0.4, 0.5) is 34.1 Å². The molecule has 4 heteroatoms. The number of hydrogen-bond donors (Lipinski definition) is 0. The molecule has 0 amide bonds. The quantitative estimate of drug-likeness (QED) is 0.161. The fourth-order valence-corrected chi connectivity index (χ4v) is 15.8. The average molecular weight is 979 g/mol. The minimum absolute atomic E-state index is 0.0247. The molecule has 6 aliphatic rings. The number of fused-ring (bicyclic) bond motifs is 12. The van der Waals surface area contributed by atoms with E-state index in [0.29, 0.717) is 0 Å². The van der Waals surface area contributed by atoms with Gasteiger partial charge in [0.25, 0.3) is 6.71 Å². The van der Waals surface area contributed by atoms with E-state index in [1.165, 1.54) is 162 Å². The van der Waals surface area contributed by atoms with Crippen molar-refractivity contribution in [2.75, 3.05) is 9.80 Å². The van der Waals surface area contributed by atoms with Gasteiger partial charge in [0.05, 0.1) is 0 Å². The molecule has 0 radical (unpaired) electrons. The maximum atomic E-state index is 7.66. The zero-order chi connectivity index (χ0) is 52.6. The van der Waals surface area contributed by atoms with Gasteiger partial charge >= 0.3 is 0 Å². The Morgan fingerprint density at radius 1 is 0.365 bits per heavy atom. The molecule has 2 aliphatic heterocycles. The summed E-state index contributed by atoms with van der Waals surface area (Å²) in [5.74, 6) is 0. The third-order valence-corrected chi connectivity index (χ3v) is 21.3. The Morgan fingerprint density at radius 2 is 0.811 bits per heavy atom. The average Bonchev–Trinajstić information content (AvgIpc) is 3.70. The van der Waals surface area contributed by atoms with Gasteiger partial charge in [0.2, 0.25) is 0 Å². The molecule has 0 atom stereocenters. The van der Waals surface area contributed by atoms with Crippen molar-refractivity contribution in [3.63, 3.8) is 0 Å². The molecule has 3 nitrogen and oxygen atoms in total. The lowest BCUT2D eigenvalue weighted by molar-refractivity contribution is 0.332. The number of rotatable bonds is 2. The summed E-state index contributed by atoms with van der Waals surface area (Å²) in [7, 11) is 0. The van der Waals surface area contributed by atoms with Crippen molar-refractivity contribution in [2.24, 2.45) is 0 Å². The molecule has 13 rings (SSSR count). The maximum Gasteiger partial charge on any atom is 0.257 e. The van der Waals surface area contributed by atoms with Gasteiger partial charge in [-0.25, -0.2) is 0 Å². The van der Waals surface area contributed by atoms with Crippen LogP contribution in [-0.2, 0) is 43.3 Å². The molecule has 7 aromatic rings. The summed E-state index contributed by atoms with van der Waals surface area (Å²) < 4.78 is 7.66. The Labute approximate surface area is 445 Å². The third-order valence-electron chi connectivity index (χ3n) is 21.3. The third kappa shape index (κ3) is 6.63. The van der Waals surface area contributed by atoms with Crippen molar-refractivity contribution >= 4 is 79.2 Å². The molecule has 74 heavy (non-hydrogen) atoms. The molecule has 0 saturated carbocycles. The minimum Gasteiger partial charge on any atom is -0.457 e. The second-order valence-corrected chi connectivity index (χ2v) is 30.1. The topological polar surface area (TPSA) is 19.6 Å². The van der Waals surface area contributed by atoms with Crippen LogP contribution in [-0.4, -0.2) is 6.71 Å². The van der Waals surface area contributed by atoms with Crippen molar-refractivity contribution in [3.8, 4) is 0 Å². The molecule has 6 aromatic carbocycles. The monoisotopic (exact) mass is 979 g/mol. The molecule has 0 saturated heterocycles. The molecule has 0 spiro atoms. The Balaban J connectivity index is 1.18. The lowest BCUT2D eigenvalue weighted by Crippen LogP contribution is -2.62. The van der Waals surface area contributed by atoms with Crippen molar-refractivity contribution < 1.29 is 4.42 Å². The number of nitrogens with zero attached hydrogens (tertiary/aromatic N) is 2. The van der Waals surface area contributed by atoms with Crippen LogP contribution in [0.1, 0.15) is 218 Å². The van der Waals surface area contributed by atoms with Crippen LogP contribution in [0.2, 0.25) is 0 Å². The molecular weight excluding hydrogens is 896 g/mol. The highest BCUT2D eigenvalue weighted by atomic mass is 16.3. The first-order valence-corrected chi connectivity index (χ1v) is 28.7. The van der Waals surface area contributed by atoms with E-state index >= 15 is 0 Å². The van der Waals surface area contributed by atoms with E-state index in [4.69, 9.17) is 4.42 Å². The number of aryl methyl sites for hydroxylation is 2. The zero-order valence-corrected chi connectivity index (χ0v) is 48.5. The van der Waals surface area contributed by atoms with Crippen LogP contribution in [0.25, 0.3) is 21.9 Å². The molecule has 4 aliphatic carbocycles. The summed E-state index contributed by atoms with van der Waals surface area (Å²) in [5.41, 5.74) is 28.9. The van der Waals surface area contributed by atoms with Gasteiger partial charge in [-0.3, -0.25) is 0 Å². The second-order valence-electron chi connectivity index (χ2n) is 30.1. The summed E-state index contributed by atoms with van der Waals surface area (Å²) in [6.45, 7) is 44.2. The van der Waals surface area contributed by atoms with E-state index in [1.54, 1.807) is 0 Å². The van der Waals surface area contributed by atoms with Crippen molar-refractivity contribution in [3.05, 3.63) is 134 Å². The first-order valence-electron chi connectivity index (χ1n) is 28.7. The maximum absolute atomic E-state index is 7.66. The Hall–Kier alpha value is -5.22. The lowest BCUT2D eigenvalue weighted by Gasteiger charge is -2.48. The summed E-state index contributed by atoms with van der Waals surface area (Å²) in [6.07, 6.45) is 9.42. The van der Waals surface area contributed by atoms with Crippen molar-refractivity contribution in [1.29, 1.82) is 0 Å². The van der Waals surface area contributed by atoms with Gasteiger partial charge in [0.15, 0.2) is 0 Å². The predicted molar refractivity (Wildman–Crippen MR) is 318 cm³/mol. The Morgan fingerprint density at radius 3 is 1.36 bits per heavy atom. The summed E-state index contributed by atoms with van der Waals surface area (Å²) in [6, 6.07) is 33.1. The largest absolute Gasteiger partial charge is 0.457 e. The van der Waals surface area contributed by atoms with Crippen LogP contribution in [0.3, 0.4) is 0 Å². The predicted octanol–water partition coefficient (Wildman–Crippen LogP) is 17.7. The summed E-state index contributed by atoms with van der Waals surface area (Å²) in [4.78, 5) is 5.42. The molecule has 1 aromatic heterocycles. The molecule has 0 N–H and O–H groups in total. The highest BCUT2D eigenvalue weighted by Gasteiger charge is 2.50. The molecular formula is C70H83BN2O. The first-order chi connectivity index (χ1) is 34.4. The minimum atomic E-state index is -0.0719. The molecule has 382 valence electrons. The van der Waals surface area contributed by atoms with E-state index in [0.717, 1.165) is 17.6 Å². The normalized spacial score (nSPS) is 22.3. The van der Waals surface area contributed by atoms with Gasteiger partial charge in [0.1, 0.15) is 11.2 Å². The van der Waals surface area contributed by atoms with E-state index < -0.39 is 0 Å². The van der Waals surface area contributed by atoms with E-state index in [9.17, 15) is 0 Å². The summed E-state index contributed by atoms with van der Waals surface area (Å²) in [5, 5.41) is 2.47. The van der Waals surface area contributed by atoms with Crippen molar-refractivity contribution in [2.45, 2.75) is 219 Å². The fourth-order valence-electron chi connectivity index (χ4n) is 15.8. The number of benzene rings is 6. The SMILES string of the molecule is Cc1cc2c3c(c1)N(c1cc4c(cc1C)C(C)(C)CCC4(C)C)c1ccc4c(oc5cc6c(cc54)C(C)(C)CCC6(C)C)c1B3c1cc3c(cc1N2c1ccc2c(c1)C(C)(C)CCC2(C)C)C(C)(C)CCC3(C)C. The van der Waals surface area contributed by atoms with E-state index in [2.05, 4.69) is 213 Å². The molecule has 0 fully saturated rings. The second kappa shape index (κ2) is 14.8.